The Hall–Kier alpha value is -4.46. The van der Waals surface area contributed by atoms with Gasteiger partial charge in [-0.1, -0.05) is 48.0 Å². The number of aryl methyl sites for hydroxylation is 1. The number of carbonyl (C=O) groups excluding carboxylic acids is 3. The molecule has 1 aliphatic heterocycles. The van der Waals surface area contributed by atoms with Gasteiger partial charge >= 0.3 is 6.03 Å². The highest BCUT2D eigenvalue weighted by Gasteiger charge is 2.33. The average molecular weight is 459 g/mol. The summed E-state index contributed by atoms with van der Waals surface area (Å²) in [5.41, 5.74) is 2.97. The zero-order chi connectivity index (χ0) is 24.1. The molecule has 7 nitrogen and oxygen atoms in total. The number of urea groups is 1. The standard InChI is InChI=1S/C26H22FN3O4/c1-17-6-12-21(13-7-17)28-24(31)16-34-23-5-3-2-4-19(23)14-22-25(32)30(26(33)29-22)15-18-8-10-20(27)11-9-18/h2-14H,15-16H2,1H3,(H,28,31)(H,29,33). The first-order valence-electron chi connectivity index (χ1n) is 10.6. The van der Waals surface area contributed by atoms with Gasteiger partial charge in [-0.2, -0.15) is 0 Å². The lowest BCUT2D eigenvalue weighted by Crippen LogP contribution is -2.30. The van der Waals surface area contributed by atoms with Gasteiger partial charge in [-0.05, 0) is 48.9 Å². The zero-order valence-corrected chi connectivity index (χ0v) is 18.4. The molecule has 172 valence electrons. The number of ether oxygens (including phenoxy) is 1. The number of carbonyl (C=O) groups is 3. The Bertz CT molecular complexity index is 1250. The van der Waals surface area contributed by atoms with Crippen LogP contribution in [0.4, 0.5) is 14.9 Å². The number of nitrogens with one attached hydrogen (secondary N) is 2. The van der Waals surface area contributed by atoms with Crippen molar-refractivity contribution in [3.63, 3.8) is 0 Å². The Labute approximate surface area is 195 Å². The molecule has 0 aromatic heterocycles. The van der Waals surface area contributed by atoms with Crippen LogP contribution >= 0.6 is 0 Å². The van der Waals surface area contributed by atoms with E-state index in [1.165, 1.54) is 30.3 Å². The van der Waals surface area contributed by atoms with Crippen molar-refractivity contribution < 1.29 is 23.5 Å². The third-order valence-electron chi connectivity index (χ3n) is 5.13. The molecule has 1 saturated heterocycles. The fourth-order valence-electron chi connectivity index (χ4n) is 3.35. The van der Waals surface area contributed by atoms with Crippen LogP contribution in [-0.2, 0) is 16.1 Å². The zero-order valence-electron chi connectivity index (χ0n) is 18.4. The number of halogens is 1. The van der Waals surface area contributed by atoms with Gasteiger partial charge in [0.2, 0.25) is 0 Å². The summed E-state index contributed by atoms with van der Waals surface area (Å²) in [6.45, 7) is 1.74. The normalized spacial score (nSPS) is 14.3. The number of anilines is 1. The van der Waals surface area contributed by atoms with E-state index in [9.17, 15) is 18.8 Å². The summed E-state index contributed by atoms with van der Waals surface area (Å²) >= 11 is 0. The molecule has 0 aliphatic carbocycles. The van der Waals surface area contributed by atoms with E-state index < -0.39 is 17.8 Å². The van der Waals surface area contributed by atoms with Crippen molar-refractivity contribution in [2.75, 3.05) is 11.9 Å². The lowest BCUT2D eigenvalue weighted by atomic mass is 10.1. The molecule has 4 amide bonds. The van der Waals surface area contributed by atoms with E-state index in [4.69, 9.17) is 4.74 Å². The molecule has 4 rings (SSSR count). The molecule has 0 radical (unpaired) electrons. The Morgan fingerprint density at radius 3 is 2.47 bits per heavy atom. The monoisotopic (exact) mass is 459 g/mol. The Balaban J connectivity index is 1.43. The molecule has 0 saturated carbocycles. The quantitative estimate of drug-likeness (QED) is 0.409. The van der Waals surface area contributed by atoms with Gasteiger partial charge in [0.15, 0.2) is 6.61 Å². The SMILES string of the molecule is Cc1ccc(NC(=O)COc2ccccc2C=C2NC(=O)N(Cc3ccc(F)cc3)C2=O)cc1. The Morgan fingerprint density at radius 1 is 1.03 bits per heavy atom. The van der Waals surface area contributed by atoms with Crippen molar-refractivity contribution in [1.82, 2.24) is 10.2 Å². The minimum Gasteiger partial charge on any atom is -0.483 e. The van der Waals surface area contributed by atoms with Gasteiger partial charge in [-0.3, -0.25) is 14.5 Å². The molecular weight excluding hydrogens is 437 g/mol. The van der Waals surface area contributed by atoms with Crippen LogP contribution in [-0.4, -0.2) is 29.4 Å². The molecule has 0 spiro atoms. The van der Waals surface area contributed by atoms with E-state index in [0.717, 1.165) is 10.5 Å². The van der Waals surface area contributed by atoms with Crippen molar-refractivity contribution in [3.05, 3.63) is 101 Å². The lowest BCUT2D eigenvalue weighted by Gasteiger charge is -2.12. The molecule has 34 heavy (non-hydrogen) atoms. The highest BCUT2D eigenvalue weighted by atomic mass is 19.1. The number of amides is 4. The van der Waals surface area contributed by atoms with Gasteiger partial charge < -0.3 is 15.4 Å². The van der Waals surface area contributed by atoms with Crippen LogP contribution in [0.15, 0.2) is 78.5 Å². The molecule has 3 aromatic rings. The van der Waals surface area contributed by atoms with Gasteiger partial charge in [-0.15, -0.1) is 0 Å². The van der Waals surface area contributed by atoms with Crippen LogP contribution < -0.4 is 15.4 Å². The smallest absolute Gasteiger partial charge is 0.329 e. The van der Waals surface area contributed by atoms with Crippen LogP contribution in [0.1, 0.15) is 16.7 Å². The van der Waals surface area contributed by atoms with Crippen LogP contribution in [0, 0.1) is 12.7 Å². The van der Waals surface area contributed by atoms with Crippen LogP contribution in [0.5, 0.6) is 5.75 Å². The highest BCUT2D eigenvalue weighted by Crippen LogP contribution is 2.23. The summed E-state index contributed by atoms with van der Waals surface area (Å²) in [6.07, 6.45) is 1.50. The number of benzene rings is 3. The van der Waals surface area contributed by atoms with Crippen molar-refractivity contribution >= 4 is 29.6 Å². The van der Waals surface area contributed by atoms with E-state index in [1.807, 2.05) is 19.1 Å². The number of nitrogens with zero attached hydrogens (tertiary/aromatic N) is 1. The van der Waals surface area contributed by atoms with Crippen molar-refractivity contribution in [2.24, 2.45) is 0 Å². The minimum atomic E-state index is -0.573. The summed E-state index contributed by atoms with van der Waals surface area (Å²) in [4.78, 5) is 38.4. The molecule has 2 N–H and O–H groups in total. The van der Waals surface area contributed by atoms with Gasteiger partial charge in [0.05, 0.1) is 6.54 Å². The second-order valence-electron chi connectivity index (χ2n) is 7.75. The highest BCUT2D eigenvalue weighted by molar-refractivity contribution is 6.14. The molecule has 3 aromatic carbocycles. The molecule has 8 heteroatoms. The fourth-order valence-corrected chi connectivity index (χ4v) is 3.35. The summed E-state index contributed by atoms with van der Waals surface area (Å²) in [5.74, 6) is -0.859. The number of imide groups is 1. The van der Waals surface area contributed by atoms with Crippen LogP contribution in [0.3, 0.4) is 0 Å². The van der Waals surface area contributed by atoms with E-state index in [0.29, 0.717) is 22.6 Å². The van der Waals surface area contributed by atoms with Gasteiger partial charge in [-0.25, -0.2) is 9.18 Å². The number of hydrogen-bond acceptors (Lipinski definition) is 4. The first-order valence-corrected chi connectivity index (χ1v) is 10.6. The van der Waals surface area contributed by atoms with E-state index in [-0.39, 0.29) is 24.8 Å². The fraction of sp³-hybridized carbons (Fsp3) is 0.115. The van der Waals surface area contributed by atoms with Crippen molar-refractivity contribution in [2.45, 2.75) is 13.5 Å². The number of para-hydroxylation sites is 1. The minimum absolute atomic E-state index is 0.0135. The third kappa shape index (κ3) is 5.47. The predicted octanol–water partition coefficient (Wildman–Crippen LogP) is 4.24. The number of hydrogen-bond donors (Lipinski definition) is 2. The van der Waals surface area contributed by atoms with E-state index in [1.54, 1.807) is 36.4 Å². The molecule has 1 aliphatic rings. The Morgan fingerprint density at radius 2 is 1.74 bits per heavy atom. The maximum Gasteiger partial charge on any atom is 0.329 e. The maximum atomic E-state index is 13.1. The molecule has 1 heterocycles. The van der Waals surface area contributed by atoms with Gasteiger partial charge in [0.1, 0.15) is 17.3 Å². The molecule has 0 bridgehead atoms. The second-order valence-corrected chi connectivity index (χ2v) is 7.75. The molecular formula is C26H22FN3O4. The second kappa shape index (κ2) is 9.99. The largest absolute Gasteiger partial charge is 0.483 e. The summed E-state index contributed by atoms with van der Waals surface area (Å²) in [7, 11) is 0. The third-order valence-corrected chi connectivity index (χ3v) is 5.13. The number of rotatable bonds is 7. The van der Waals surface area contributed by atoms with Gasteiger partial charge in [0.25, 0.3) is 11.8 Å². The predicted molar refractivity (Wildman–Crippen MR) is 125 cm³/mol. The van der Waals surface area contributed by atoms with E-state index in [2.05, 4.69) is 10.6 Å². The molecule has 0 unspecified atom stereocenters. The molecule has 0 atom stereocenters. The van der Waals surface area contributed by atoms with Crippen molar-refractivity contribution in [1.29, 1.82) is 0 Å². The maximum absolute atomic E-state index is 13.1. The summed E-state index contributed by atoms with van der Waals surface area (Å²) in [6, 6.07) is 19.3. The van der Waals surface area contributed by atoms with Crippen molar-refractivity contribution in [3.8, 4) is 5.75 Å². The average Bonchev–Trinajstić information content (AvgIpc) is 3.08. The van der Waals surface area contributed by atoms with Crippen LogP contribution in [0.25, 0.3) is 6.08 Å². The lowest BCUT2D eigenvalue weighted by molar-refractivity contribution is -0.123. The topological polar surface area (TPSA) is 87.7 Å². The Kier molecular flexibility index (Phi) is 6.68. The van der Waals surface area contributed by atoms with E-state index >= 15 is 0 Å². The first-order chi connectivity index (χ1) is 16.4. The van der Waals surface area contributed by atoms with Crippen LogP contribution in [0.2, 0.25) is 0 Å². The first kappa shape index (κ1) is 22.7. The summed E-state index contributed by atoms with van der Waals surface area (Å²) < 4.78 is 18.8. The van der Waals surface area contributed by atoms with Gasteiger partial charge in [0, 0.05) is 11.3 Å². The molecule has 1 fully saturated rings. The summed E-state index contributed by atoms with van der Waals surface area (Å²) in [5, 5.41) is 5.31.